The Morgan fingerprint density at radius 3 is 2.11 bits per heavy atom. The number of aliphatic hydroxyl groups excluding tert-OH is 2. The molecule has 0 amide bonds. The van der Waals surface area contributed by atoms with Crippen LogP contribution >= 0.6 is 0 Å². The lowest BCUT2D eigenvalue weighted by Gasteiger charge is -2.25. The normalized spacial score (nSPS) is 12.7. The molecule has 0 aliphatic rings. The first kappa shape index (κ1) is 26.5. The minimum Gasteiger partial charge on any atom is -0.508 e. The molecule has 2 atom stereocenters. The van der Waals surface area contributed by atoms with E-state index in [9.17, 15) is 30.3 Å². The fourth-order valence-corrected chi connectivity index (χ4v) is 3.98. The molecule has 0 spiro atoms. The number of benzene rings is 3. The van der Waals surface area contributed by atoms with Crippen molar-refractivity contribution in [2.24, 2.45) is 0 Å². The molecule has 11 heteroatoms. The number of fused-ring (bicyclic) bond motifs is 1. The summed E-state index contributed by atoms with van der Waals surface area (Å²) in [4.78, 5) is 12.7. The molecule has 1 aromatic heterocycles. The lowest BCUT2D eigenvalue weighted by Crippen LogP contribution is -2.29. The summed E-state index contributed by atoms with van der Waals surface area (Å²) in [7, 11) is 4.10. The minimum absolute atomic E-state index is 0.0314. The van der Waals surface area contributed by atoms with E-state index >= 15 is 0 Å². The Morgan fingerprint density at radius 1 is 0.842 bits per heavy atom. The molecular formula is C27H26O11. The van der Waals surface area contributed by atoms with Crippen LogP contribution in [-0.4, -0.2) is 59.6 Å². The molecule has 0 saturated heterocycles. The van der Waals surface area contributed by atoms with Gasteiger partial charge in [-0.1, -0.05) is 6.07 Å². The molecule has 0 bridgehead atoms. The number of methoxy groups -OCH3 is 3. The molecule has 5 N–H and O–H groups in total. The molecule has 0 saturated carbocycles. The Hall–Kier alpha value is -4.61. The zero-order valence-corrected chi connectivity index (χ0v) is 20.7. The SMILES string of the molecule is COc1cc([C@@H](O)[C@H](CO)Oc2c(OC)cc(-c3cc(=O)c4c(O)cc(O)cc4o3)cc2OC)ccc1O. The summed E-state index contributed by atoms with van der Waals surface area (Å²) in [6.07, 6.45) is -2.51. The van der Waals surface area contributed by atoms with Crippen molar-refractivity contribution < 1.29 is 48.9 Å². The molecule has 0 radical (unpaired) electrons. The molecular weight excluding hydrogens is 500 g/mol. The van der Waals surface area contributed by atoms with E-state index < -0.39 is 30.0 Å². The quantitative estimate of drug-likeness (QED) is 0.217. The molecule has 4 rings (SSSR count). The van der Waals surface area contributed by atoms with Crippen LogP contribution in [0.25, 0.3) is 22.3 Å². The fraction of sp³-hybridized carbons (Fsp3) is 0.222. The topological polar surface area (TPSA) is 168 Å². The third-order valence-corrected chi connectivity index (χ3v) is 5.89. The second kappa shape index (κ2) is 10.8. The highest BCUT2D eigenvalue weighted by atomic mass is 16.6. The van der Waals surface area contributed by atoms with Crippen LogP contribution in [0.15, 0.2) is 57.7 Å². The van der Waals surface area contributed by atoms with Gasteiger partial charge in [0.05, 0.1) is 27.9 Å². The van der Waals surface area contributed by atoms with Crippen molar-refractivity contribution in [3.05, 3.63) is 64.3 Å². The molecule has 0 fully saturated rings. The number of phenols is 3. The average Bonchev–Trinajstić information content (AvgIpc) is 2.90. The number of aliphatic hydroxyl groups is 2. The second-order valence-corrected chi connectivity index (χ2v) is 8.24. The van der Waals surface area contributed by atoms with Crippen molar-refractivity contribution in [3.63, 3.8) is 0 Å². The lowest BCUT2D eigenvalue weighted by molar-refractivity contribution is -0.00173. The minimum atomic E-state index is -1.33. The maximum absolute atomic E-state index is 12.7. The van der Waals surface area contributed by atoms with E-state index in [1.807, 2.05) is 0 Å². The van der Waals surface area contributed by atoms with Gasteiger partial charge < -0.3 is 48.9 Å². The van der Waals surface area contributed by atoms with Crippen molar-refractivity contribution >= 4 is 11.0 Å². The molecule has 200 valence electrons. The zero-order chi connectivity index (χ0) is 27.6. The Morgan fingerprint density at radius 2 is 1.50 bits per heavy atom. The fourth-order valence-electron chi connectivity index (χ4n) is 3.98. The van der Waals surface area contributed by atoms with Crippen LogP contribution in [0.1, 0.15) is 11.7 Å². The van der Waals surface area contributed by atoms with Gasteiger partial charge in [0.25, 0.3) is 0 Å². The molecule has 1 heterocycles. The molecule has 0 aliphatic heterocycles. The van der Waals surface area contributed by atoms with E-state index in [1.165, 1.54) is 63.8 Å². The van der Waals surface area contributed by atoms with Gasteiger partial charge in [-0.3, -0.25) is 4.79 Å². The Labute approximate surface area is 216 Å². The van der Waals surface area contributed by atoms with Gasteiger partial charge in [0.2, 0.25) is 5.75 Å². The number of aromatic hydroxyl groups is 3. The molecule has 0 unspecified atom stereocenters. The highest BCUT2D eigenvalue weighted by molar-refractivity contribution is 5.86. The summed E-state index contributed by atoms with van der Waals surface area (Å²) in [6.45, 7) is -0.592. The van der Waals surface area contributed by atoms with Crippen molar-refractivity contribution in [1.29, 1.82) is 0 Å². The Bertz CT molecular complexity index is 1500. The first-order chi connectivity index (χ1) is 18.2. The van der Waals surface area contributed by atoms with Gasteiger partial charge in [0.15, 0.2) is 34.5 Å². The van der Waals surface area contributed by atoms with Crippen molar-refractivity contribution in [2.75, 3.05) is 27.9 Å². The third kappa shape index (κ3) is 4.97. The first-order valence-corrected chi connectivity index (χ1v) is 11.3. The monoisotopic (exact) mass is 526 g/mol. The standard InChI is InChI=1S/C27H26O11/c1-34-20-6-13(4-5-16(20)30)26(33)24(12-28)38-27-22(35-2)7-14(8-23(27)36-3)19-11-18(32)25-17(31)9-15(29)10-21(25)37-19/h4-11,24,26,28-31,33H,12H2,1-3H3/t24-,26+/m0/s1. The van der Waals surface area contributed by atoms with Crippen LogP contribution in [0.4, 0.5) is 0 Å². The second-order valence-electron chi connectivity index (χ2n) is 8.24. The van der Waals surface area contributed by atoms with Crippen LogP contribution < -0.4 is 24.4 Å². The highest BCUT2D eigenvalue weighted by Crippen LogP contribution is 2.43. The summed E-state index contributed by atoms with van der Waals surface area (Å²) in [5.74, 6) is -0.268. The van der Waals surface area contributed by atoms with Gasteiger partial charge >= 0.3 is 0 Å². The highest BCUT2D eigenvalue weighted by Gasteiger charge is 2.27. The maximum Gasteiger partial charge on any atom is 0.204 e. The summed E-state index contributed by atoms with van der Waals surface area (Å²) in [6, 6.07) is 10.6. The van der Waals surface area contributed by atoms with E-state index in [4.69, 9.17) is 23.4 Å². The number of phenolic OH excluding ortho intramolecular Hbond substituents is 3. The van der Waals surface area contributed by atoms with Crippen molar-refractivity contribution in [2.45, 2.75) is 12.2 Å². The van der Waals surface area contributed by atoms with Gasteiger partial charge in [-0.15, -0.1) is 0 Å². The lowest BCUT2D eigenvalue weighted by atomic mass is 10.0. The number of ether oxygens (including phenoxy) is 4. The average molecular weight is 526 g/mol. The van der Waals surface area contributed by atoms with Gasteiger partial charge in [0, 0.05) is 23.8 Å². The Balaban J connectivity index is 1.75. The van der Waals surface area contributed by atoms with Crippen LogP contribution in [0.5, 0.6) is 40.2 Å². The molecule has 3 aromatic carbocycles. The van der Waals surface area contributed by atoms with Crippen molar-refractivity contribution in [1.82, 2.24) is 0 Å². The molecule has 38 heavy (non-hydrogen) atoms. The van der Waals surface area contributed by atoms with Gasteiger partial charge in [-0.25, -0.2) is 0 Å². The van der Waals surface area contributed by atoms with Crippen LogP contribution in [0.3, 0.4) is 0 Å². The van der Waals surface area contributed by atoms with E-state index in [-0.39, 0.29) is 51.2 Å². The molecule has 11 nitrogen and oxygen atoms in total. The maximum atomic E-state index is 12.7. The molecule has 4 aromatic rings. The number of hydrogen-bond donors (Lipinski definition) is 5. The van der Waals surface area contributed by atoms with E-state index in [0.29, 0.717) is 11.1 Å². The van der Waals surface area contributed by atoms with E-state index in [1.54, 1.807) is 0 Å². The zero-order valence-electron chi connectivity index (χ0n) is 20.7. The van der Waals surface area contributed by atoms with Crippen LogP contribution in [-0.2, 0) is 0 Å². The van der Waals surface area contributed by atoms with Gasteiger partial charge in [0.1, 0.15) is 34.3 Å². The summed E-state index contributed by atoms with van der Waals surface area (Å²) >= 11 is 0. The predicted molar refractivity (Wildman–Crippen MR) is 135 cm³/mol. The van der Waals surface area contributed by atoms with Gasteiger partial charge in [-0.05, 0) is 29.8 Å². The smallest absolute Gasteiger partial charge is 0.204 e. The largest absolute Gasteiger partial charge is 0.508 e. The predicted octanol–water partition coefficient (Wildman–Crippen LogP) is 3.08. The summed E-state index contributed by atoms with van der Waals surface area (Å²) in [5.41, 5.74) is 0.0933. The van der Waals surface area contributed by atoms with Crippen LogP contribution in [0.2, 0.25) is 0 Å². The first-order valence-electron chi connectivity index (χ1n) is 11.3. The summed E-state index contributed by atoms with van der Waals surface area (Å²) in [5, 5.41) is 50.5. The number of hydrogen-bond acceptors (Lipinski definition) is 11. The Kier molecular flexibility index (Phi) is 7.51. The third-order valence-electron chi connectivity index (χ3n) is 5.89. The van der Waals surface area contributed by atoms with E-state index in [0.717, 1.165) is 6.07 Å². The number of rotatable bonds is 9. The molecule has 0 aliphatic carbocycles. The summed E-state index contributed by atoms with van der Waals surface area (Å²) < 4.78 is 27.7. The van der Waals surface area contributed by atoms with Crippen LogP contribution in [0, 0.1) is 0 Å². The van der Waals surface area contributed by atoms with Gasteiger partial charge in [-0.2, -0.15) is 0 Å². The van der Waals surface area contributed by atoms with E-state index in [2.05, 4.69) is 0 Å². The van der Waals surface area contributed by atoms with Crippen molar-refractivity contribution in [3.8, 4) is 51.6 Å².